The van der Waals surface area contributed by atoms with Crippen molar-refractivity contribution in [2.45, 2.75) is 32.7 Å². The van der Waals surface area contributed by atoms with Gasteiger partial charge in [0, 0.05) is 5.69 Å². The van der Waals surface area contributed by atoms with Gasteiger partial charge >= 0.3 is 5.97 Å². The molecule has 1 aromatic rings. The molecule has 0 saturated carbocycles. The zero-order valence-electron chi connectivity index (χ0n) is 11.8. The number of carboxylic acids is 1. The third-order valence-corrected chi connectivity index (χ3v) is 3.79. The van der Waals surface area contributed by atoms with Gasteiger partial charge < -0.3 is 15.7 Å². The zero-order valence-corrected chi connectivity index (χ0v) is 11.8. The molecule has 3 N–H and O–H groups in total. The van der Waals surface area contributed by atoms with E-state index in [-0.39, 0.29) is 23.4 Å². The van der Waals surface area contributed by atoms with Crippen molar-refractivity contribution in [3.63, 3.8) is 0 Å². The SMILES string of the molecule is Cc1ccc(C(=O)O)cc1NC(=O)C1NCCCC1C. The Hall–Kier alpha value is -1.88. The van der Waals surface area contributed by atoms with Crippen molar-refractivity contribution in [3.8, 4) is 0 Å². The number of anilines is 1. The van der Waals surface area contributed by atoms with Crippen molar-refractivity contribution in [2.24, 2.45) is 5.92 Å². The van der Waals surface area contributed by atoms with Crippen molar-refractivity contribution in [1.29, 1.82) is 0 Å². The first-order valence-corrected chi connectivity index (χ1v) is 6.87. The number of carboxylic acid groups (broad SMARTS) is 1. The van der Waals surface area contributed by atoms with E-state index in [0.717, 1.165) is 24.9 Å². The van der Waals surface area contributed by atoms with Gasteiger partial charge in [0.2, 0.25) is 5.91 Å². The Kier molecular flexibility index (Phi) is 4.39. The summed E-state index contributed by atoms with van der Waals surface area (Å²) in [6.45, 7) is 4.74. The largest absolute Gasteiger partial charge is 0.478 e. The summed E-state index contributed by atoms with van der Waals surface area (Å²) in [5.41, 5.74) is 1.59. The fourth-order valence-electron chi connectivity index (χ4n) is 2.50. The van der Waals surface area contributed by atoms with Crippen molar-refractivity contribution >= 4 is 17.6 Å². The van der Waals surface area contributed by atoms with Crippen LogP contribution in [0.25, 0.3) is 0 Å². The predicted molar refractivity (Wildman–Crippen MR) is 77.0 cm³/mol. The zero-order chi connectivity index (χ0) is 14.7. The van der Waals surface area contributed by atoms with Crippen molar-refractivity contribution in [2.75, 3.05) is 11.9 Å². The minimum absolute atomic E-state index is 0.0946. The Morgan fingerprint density at radius 3 is 2.80 bits per heavy atom. The number of hydrogen-bond acceptors (Lipinski definition) is 3. The summed E-state index contributed by atoms with van der Waals surface area (Å²) < 4.78 is 0. The van der Waals surface area contributed by atoms with E-state index in [0.29, 0.717) is 5.69 Å². The number of rotatable bonds is 3. The average molecular weight is 276 g/mol. The summed E-state index contributed by atoms with van der Waals surface area (Å²) >= 11 is 0. The van der Waals surface area contributed by atoms with Crippen LogP contribution in [0.4, 0.5) is 5.69 Å². The van der Waals surface area contributed by atoms with E-state index < -0.39 is 5.97 Å². The van der Waals surface area contributed by atoms with Crippen molar-refractivity contribution in [3.05, 3.63) is 29.3 Å². The lowest BCUT2D eigenvalue weighted by Gasteiger charge is -2.29. The topological polar surface area (TPSA) is 78.4 Å². The van der Waals surface area contributed by atoms with E-state index in [4.69, 9.17) is 5.11 Å². The van der Waals surface area contributed by atoms with Crippen LogP contribution in [0, 0.1) is 12.8 Å². The number of nitrogens with one attached hydrogen (secondary N) is 2. The second-order valence-electron chi connectivity index (χ2n) is 5.38. The van der Waals surface area contributed by atoms with E-state index in [1.807, 2.05) is 6.92 Å². The summed E-state index contributed by atoms with van der Waals surface area (Å²) in [5.74, 6) is -0.806. The molecule has 5 heteroatoms. The Morgan fingerprint density at radius 1 is 1.40 bits per heavy atom. The molecule has 1 heterocycles. The maximum atomic E-state index is 12.3. The van der Waals surface area contributed by atoms with Crippen molar-refractivity contribution < 1.29 is 14.7 Å². The van der Waals surface area contributed by atoms with E-state index in [9.17, 15) is 9.59 Å². The first kappa shape index (κ1) is 14.5. The number of carbonyl (C=O) groups excluding carboxylic acids is 1. The molecule has 0 aliphatic carbocycles. The number of carbonyl (C=O) groups is 2. The highest BCUT2D eigenvalue weighted by molar-refractivity contribution is 5.97. The van der Waals surface area contributed by atoms with Gasteiger partial charge in [0.05, 0.1) is 11.6 Å². The molecule has 2 rings (SSSR count). The van der Waals surface area contributed by atoms with E-state index in [1.54, 1.807) is 6.07 Å². The Morgan fingerprint density at radius 2 is 2.15 bits per heavy atom. The smallest absolute Gasteiger partial charge is 0.335 e. The molecule has 2 unspecified atom stereocenters. The molecule has 1 fully saturated rings. The lowest BCUT2D eigenvalue weighted by Crippen LogP contribution is -2.48. The van der Waals surface area contributed by atoms with Crippen LogP contribution in [0.5, 0.6) is 0 Å². The van der Waals surface area contributed by atoms with E-state index in [2.05, 4.69) is 17.6 Å². The van der Waals surface area contributed by atoms with Crippen LogP contribution in [0.2, 0.25) is 0 Å². The standard InChI is InChI=1S/C15H20N2O3/c1-9-5-6-11(15(19)20)8-12(9)17-14(18)13-10(2)4-3-7-16-13/h5-6,8,10,13,16H,3-4,7H2,1-2H3,(H,17,18)(H,19,20). The molecule has 0 spiro atoms. The molecule has 108 valence electrons. The fraction of sp³-hybridized carbons (Fsp3) is 0.467. The van der Waals surface area contributed by atoms with Gasteiger partial charge in [-0.2, -0.15) is 0 Å². The normalized spacial score (nSPS) is 22.3. The molecule has 20 heavy (non-hydrogen) atoms. The van der Waals surface area contributed by atoms with Gasteiger partial charge in [0.1, 0.15) is 0 Å². The highest BCUT2D eigenvalue weighted by atomic mass is 16.4. The van der Waals surface area contributed by atoms with Crippen LogP contribution in [0.1, 0.15) is 35.7 Å². The molecule has 0 radical (unpaired) electrons. The Labute approximate surface area is 118 Å². The lowest BCUT2D eigenvalue weighted by atomic mass is 9.92. The van der Waals surface area contributed by atoms with E-state index >= 15 is 0 Å². The average Bonchev–Trinajstić information content (AvgIpc) is 2.41. The summed E-state index contributed by atoms with van der Waals surface area (Å²) in [5, 5.41) is 15.1. The van der Waals surface area contributed by atoms with Crippen LogP contribution >= 0.6 is 0 Å². The maximum absolute atomic E-state index is 12.3. The van der Waals surface area contributed by atoms with Crippen LogP contribution < -0.4 is 10.6 Å². The van der Waals surface area contributed by atoms with Crippen molar-refractivity contribution in [1.82, 2.24) is 5.32 Å². The Bertz CT molecular complexity index is 528. The van der Waals surface area contributed by atoms with Gasteiger partial charge in [-0.3, -0.25) is 4.79 Å². The molecule has 1 aliphatic heterocycles. The van der Waals surface area contributed by atoms with Gasteiger partial charge in [0.25, 0.3) is 0 Å². The summed E-state index contributed by atoms with van der Waals surface area (Å²) in [4.78, 5) is 23.3. The second-order valence-corrected chi connectivity index (χ2v) is 5.38. The molecule has 0 bridgehead atoms. The van der Waals surface area contributed by atoms with Gasteiger partial charge in [-0.1, -0.05) is 13.0 Å². The monoisotopic (exact) mass is 276 g/mol. The number of aromatic carboxylic acids is 1. The maximum Gasteiger partial charge on any atom is 0.335 e. The highest BCUT2D eigenvalue weighted by Gasteiger charge is 2.27. The molecule has 1 aliphatic rings. The third kappa shape index (κ3) is 3.17. The van der Waals surface area contributed by atoms with Crippen LogP contribution in [-0.4, -0.2) is 29.6 Å². The predicted octanol–water partition coefficient (Wildman–Crippen LogP) is 2.02. The number of benzene rings is 1. The lowest BCUT2D eigenvalue weighted by molar-refractivity contribution is -0.119. The number of amides is 1. The molecule has 2 atom stereocenters. The highest BCUT2D eigenvalue weighted by Crippen LogP contribution is 2.20. The summed E-state index contributed by atoms with van der Waals surface area (Å²) in [6.07, 6.45) is 2.11. The van der Waals surface area contributed by atoms with Gasteiger partial charge in [-0.25, -0.2) is 4.79 Å². The van der Waals surface area contributed by atoms with Gasteiger partial charge in [-0.05, 0) is 49.9 Å². The minimum atomic E-state index is -0.996. The molecule has 1 saturated heterocycles. The molecule has 1 amide bonds. The first-order valence-electron chi connectivity index (χ1n) is 6.87. The number of aryl methyl sites for hydroxylation is 1. The van der Waals surface area contributed by atoms with Crippen LogP contribution in [0.15, 0.2) is 18.2 Å². The quantitative estimate of drug-likeness (QED) is 0.789. The number of hydrogen-bond donors (Lipinski definition) is 3. The molecular formula is C15H20N2O3. The fourth-order valence-corrected chi connectivity index (χ4v) is 2.50. The number of piperidine rings is 1. The summed E-state index contributed by atoms with van der Waals surface area (Å²) in [6, 6.07) is 4.53. The van der Waals surface area contributed by atoms with Crippen LogP contribution in [-0.2, 0) is 4.79 Å². The first-order chi connectivity index (χ1) is 9.49. The second kappa shape index (κ2) is 6.05. The van der Waals surface area contributed by atoms with Crippen LogP contribution in [0.3, 0.4) is 0 Å². The summed E-state index contributed by atoms with van der Waals surface area (Å²) in [7, 11) is 0. The van der Waals surface area contributed by atoms with E-state index in [1.165, 1.54) is 12.1 Å². The van der Waals surface area contributed by atoms with Gasteiger partial charge in [-0.15, -0.1) is 0 Å². The minimum Gasteiger partial charge on any atom is -0.478 e. The molecule has 0 aromatic heterocycles. The molecular weight excluding hydrogens is 256 g/mol. The molecule has 5 nitrogen and oxygen atoms in total. The third-order valence-electron chi connectivity index (χ3n) is 3.79. The molecule has 1 aromatic carbocycles. The Balaban J connectivity index is 2.14. The van der Waals surface area contributed by atoms with Gasteiger partial charge in [0.15, 0.2) is 0 Å².